The number of anilines is 1. The Morgan fingerprint density at radius 1 is 0.978 bits per heavy atom. The second kappa shape index (κ2) is 12.9. The van der Waals surface area contributed by atoms with Crippen molar-refractivity contribution in [3.8, 4) is 5.75 Å². The summed E-state index contributed by atoms with van der Waals surface area (Å²) >= 11 is 0. The van der Waals surface area contributed by atoms with Crippen molar-refractivity contribution in [2.24, 2.45) is 7.05 Å². The zero-order valence-corrected chi connectivity index (χ0v) is 28.4. The molecule has 1 amide bonds. The molecule has 7 nitrogen and oxygen atoms in total. The minimum Gasteiger partial charge on any atom is -0.534 e. The van der Waals surface area contributed by atoms with Crippen molar-refractivity contribution in [2.45, 2.75) is 51.5 Å². The van der Waals surface area contributed by atoms with Gasteiger partial charge in [0.25, 0.3) is 0 Å². The second-order valence-corrected chi connectivity index (χ2v) is 17.6. The van der Waals surface area contributed by atoms with E-state index >= 15 is 0 Å². The van der Waals surface area contributed by atoms with Crippen LogP contribution in [0.4, 0.5) is 5.69 Å². The normalized spacial score (nSPS) is 15.6. The number of nitrogens with zero attached hydrogens (tertiary/aromatic N) is 4. The number of amides is 1. The topological polar surface area (TPSA) is 70.8 Å². The first-order valence-corrected chi connectivity index (χ1v) is 18.0. The van der Waals surface area contributed by atoms with E-state index in [1.807, 2.05) is 39.7 Å². The number of aryl methyl sites for hydroxylation is 1. The molecule has 0 unspecified atom stereocenters. The number of imidazole rings is 1. The van der Waals surface area contributed by atoms with Gasteiger partial charge in [-0.3, -0.25) is 4.79 Å². The molecule has 1 aliphatic rings. The fourth-order valence-corrected chi connectivity index (χ4v) is 11.4. The Morgan fingerprint density at radius 2 is 1.65 bits per heavy atom. The summed E-state index contributed by atoms with van der Waals surface area (Å²) in [5, 5.41) is 15.0. The molecule has 1 aromatic heterocycles. The predicted octanol–water partition coefficient (Wildman–Crippen LogP) is 5.27. The largest absolute Gasteiger partial charge is 0.534 e. The highest BCUT2D eigenvalue weighted by atomic mass is 28.4. The third kappa shape index (κ3) is 6.02. The third-order valence-electron chi connectivity index (χ3n) is 9.25. The van der Waals surface area contributed by atoms with Crippen molar-refractivity contribution < 1.29 is 14.2 Å². The van der Waals surface area contributed by atoms with Crippen LogP contribution >= 0.6 is 0 Å². The second-order valence-electron chi connectivity index (χ2n) is 13.4. The van der Waals surface area contributed by atoms with Crippen LogP contribution in [0.5, 0.6) is 5.75 Å². The summed E-state index contributed by atoms with van der Waals surface area (Å²) in [5.41, 5.74) is 1.81. The van der Waals surface area contributed by atoms with Crippen molar-refractivity contribution in [1.29, 1.82) is 0 Å². The molecule has 1 saturated heterocycles. The van der Waals surface area contributed by atoms with Gasteiger partial charge in [0.15, 0.2) is 0 Å². The number of hydrogen-bond donors (Lipinski definition) is 1. The number of hydrogen-bond acceptors (Lipinski definition) is 5. The zero-order valence-electron chi connectivity index (χ0n) is 27.4. The van der Waals surface area contributed by atoms with Gasteiger partial charge in [-0.15, -0.1) is 0 Å². The van der Waals surface area contributed by atoms with E-state index in [1.165, 1.54) is 10.4 Å². The van der Waals surface area contributed by atoms with Crippen LogP contribution in [0, 0.1) is 0 Å². The summed E-state index contributed by atoms with van der Waals surface area (Å²) in [4.78, 5) is 22.3. The number of fused-ring (bicyclic) bond motifs is 1. The Kier molecular flexibility index (Phi) is 8.92. The van der Waals surface area contributed by atoms with E-state index in [1.54, 1.807) is 13.2 Å². The Hall–Kier alpha value is -4.18. The van der Waals surface area contributed by atoms with Gasteiger partial charge in [-0.05, 0) is 58.8 Å². The molecule has 1 N–H and O–H groups in total. The van der Waals surface area contributed by atoms with Crippen LogP contribution in [0.1, 0.15) is 32.9 Å². The van der Waals surface area contributed by atoms with Crippen LogP contribution in [-0.2, 0) is 18.3 Å². The van der Waals surface area contributed by atoms with Gasteiger partial charge in [-0.25, -0.2) is 4.98 Å². The summed E-state index contributed by atoms with van der Waals surface area (Å²) in [5.74, 6) is 0.797. The van der Waals surface area contributed by atoms with E-state index in [2.05, 4.69) is 111 Å². The first kappa shape index (κ1) is 31.8. The Morgan fingerprint density at radius 3 is 2.24 bits per heavy atom. The van der Waals surface area contributed by atoms with Crippen LogP contribution in [0.3, 0.4) is 0 Å². The standard InChI is InChI=1S/C37H43BN4O3Si/c1-37(2,3)46(31-14-8-6-9-15-31,32-16-10-7-11-17-32)45-30-20-19-28-13-12-18-34(33(28)25-30)41-23-22-35(36(41)43)42(38(4)44)24-21-29-26-40(5)27-39-29/h6-20,25-27,35,44H,21-24H2,1-5H3/t35-/m0/s1. The third-order valence-corrected chi connectivity index (χ3v) is 14.2. The van der Waals surface area contributed by atoms with Gasteiger partial charge >= 0.3 is 15.4 Å². The molecule has 0 radical (unpaired) electrons. The highest BCUT2D eigenvalue weighted by Crippen LogP contribution is 2.39. The maximum absolute atomic E-state index is 14.1. The smallest absolute Gasteiger partial charge is 0.377 e. The van der Waals surface area contributed by atoms with Gasteiger partial charge in [-0.1, -0.05) is 99.6 Å². The van der Waals surface area contributed by atoms with Crippen LogP contribution in [0.15, 0.2) is 110 Å². The number of carbonyl (C=O) groups excluding carboxylic acids is 1. The average Bonchev–Trinajstić information content (AvgIpc) is 3.64. The summed E-state index contributed by atoms with van der Waals surface area (Å²) in [6, 6.07) is 33.2. The van der Waals surface area contributed by atoms with Gasteiger partial charge in [0.05, 0.1) is 23.8 Å². The van der Waals surface area contributed by atoms with E-state index in [0.717, 1.165) is 27.9 Å². The quantitative estimate of drug-likeness (QED) is 0.213. The number of benzene rings is 4. The average molecular weight is 631 g/mol. The van der Waals surface area contributed by atoms with Gasteiger partial charge < -0.3 is 23.7 Å². The maximum atomic E-state index is 14.1. The minimum absolute atomic E-state index is 0.00715. The molecule has 0 spiro atoms. The van der Waals surface area contributed by atoms with E-state index in [9.17, 15) is 9.82 Å². The zero-order chi connectivity index (χ0) is 32.5. The summed E-state index contributed by atoms with van der Waals surface area (Å²) in [6.45, 7) is 9.68. The van der Waals surface area contributed by atoms with Gasteiger partial charge in [0.2, 0.25) is 5.91 Å². The van der Waals surface area contributed by atoms with Crippen LogP contribution in [0.25, 0.3) is 10.8 Å². The van der Waals surface area contributed by atoms with Crippen molar-refractivity contribution >= 4 is 48.1 Å². The molecular weight excluding hydrogens is 587 g/mol. The molecular formula is C37H43BN4O3Si. The van der Waals surface area contributed by atoms with E-state index < -0.39 is 21.4 Å². The lowest BCUT2D eigenvalue weighted by Gasteiger charge is -2.43. The number of rotatable bonds is 10. The van der Waals surface area contributed by atoms with Gasteiger partial charge in [-0.2, -0.15) is 0 Å². The molecule has 2 heterocycles. The highest BCUT2D eigenvalue weighted by molar-refractivity contribution is 7.00. The fraction of sp³-hybridized carbons (Fsp3) is 0.297. The van der Waals surface area contributed by atoms with Crippen LogP contribution in [0.2, 0.25) is 11.9 Å². The summed E-state index contributed by atoms with van der Waals surface area (Å²) < 4.78 is 9.26. The first-order chi connectivity index (χ1) is 22.1. The first-order valence-electron chi connectivity index (χ1n) is 16.1. The molecule has 0 saturated carbocycles. The van der Waals surface area contributed by atoms with Crippen molar-refractivity contribution in [2.75, 3.05) is 18.0 Å². The lowest BCUT2D eigenvalue weighted by atomic mass is 9.82. The Labute approximate surface area is 273 Å². The highest BCUT2D eigenvalue weighted by Gasteiger charge is 2.52. The Bertz CT molecular complexity index is 1770. The monoisotopic (exact) mass is 630 g/mol. The predicted molar refractivity (Wildman–Crippen MR) is 190 cm³/mol. The molecule has 1 fully saturated rings. The number of carbonyl (C=O) groups is 1. The number of aromatic nitrogens is 2. The SMILES string of the molecule is CB(O)N(CCc1cn(C)cn1)[C@H]1CCN(c2cccc3ccc(O[Si](c4ccccc4)(c4ccccc4)C(C)(C)C)cc23)C1=O. The molecule has 1 atom stereocenters. The van der Waals surface area contributed by atoms with Crippen LogP contribution in [-0.4, -0.2) is 59.8 Å². The minimum atomic E-state index is -2.84. The molecule has 236 valence electrons. The maximum Gasteiger partial charge on any atom is 0.377 e. The molecule has 46 heavy (non-hydrogen) atoms. The molecule has 5 aromatic rings. The molecule has 9 heteroatoms. The van der Waals surface area contributed by atoms with E-state index in [-0.39, 0.29) is 10.9 Å². The summed E-state index contributed by atoms with van der Waals surface area (Å²) in [6.07, 6.45) is 5.05. The molecule has 1 aliphatic heterocycles. The summed E-state index contributed by atoms with van der Waals surface area (Å²) in [7, 11) is -1.65. The van der Waals surface area contributed by atoms with E-state index in [0.29, 0.717) is 25.9 Å². The van der Waals surface area contributed by atoms with Crippen molar-refractivity contribution in [3.05, 3.63) is 115 Å². The van der Waals surface area contributed by atoms with Crippen molar-refractivity contribution in [1.82, 2.24) is 14.4 Å². The van der Waals surface area contributed by atoms with E-state index in [4.69, 9.17) is 4.43 Å². The molecule has 0 aliphatic carbocycles. The molecule has 0 bridgehead atoms. The molecule has 6 rings (SSSR count). The van der Waals surface area contributed by atoms with Crippen LogP contribution < -0.4 is 19.7 Å². The van der Waals surface area contributed by atoms with Crippen molar-refractivity contribution in [3.63, 3.8) is 0 Å². The lowest BCUT2D eigenvalue weighted by molar-refractivity contribution is -0.120. The molecule has 4 aromatic carbocycles. The van der Waals surface area contributed by atoms with Gasteiger partial charge in [0.1, 0.15) is 5.75 Å². The fourth-order valence-electron chi connectivity index (χ4n) is 7.01. The van der Waals surface area contributed by atoms with Gasteiger partial charge in [0, 0.05) is 31.6 Å². The lowest BCUT2D eigenvalue weighted by Crippen LogP contribution is -2.68. The Balaban J connectivity index is 1.35.